The molecule has 0 aromatic rings. The highest BCUT2D eigenvalue weighted by Gasteiger charge is 2.30. The molecule has 17 heavy (non-hydrogen) atoms. The summed E-state index contributed by atoms with van der Waals surface area (Å²) in [5.41, 5.74) is 0. The summed E-state index contributed by atoms with van der Waals surface area (Å²) in [7, 11) is 0. The Morgan fingerprint density at radius 1 is 0.765 bits per heavy atom. The standard InChI is InChI=1S/C17H32/c1-3-6-15-7-5-8-17(13-15)16-11-9-14(4-2)10-12-16/h14-17H,3-13H2,1-2H3/t14?,15-,16?,17-/m1/s1. The van der Waals surface area contributed by atoms with Crippen molar-refractivity contribution >= 4 is 0 Å². The first-order valence-electron chi connectivity index (χ1n) is 8.33. The maximum absolute atomic E-state index is 2.38. The number of rotatable bonds is 4. The monoisotopic (exact) mass is 236 g/mol. The Balaban J connectivity index is 1.77. The maximum atomic E-state index is 2.38. The molecule has 2 atom stereocenters. The van der Waals surface area contributed by atoms with Crippen LogP contribution in [0.4, 0.5) is 0 Å². The van der Waals surface area contributed by atoms with Gasteiger partial charge in [-0.15, -0.1) is 0 Å². The van der Waals surface area contributed by atoms with Crippen molar-refractivity contribution in [2.24, 2.45) is 23.7 Å². The van der Waals surface area contributed by atoms with Crippen LogP contribution in [0.15, 0.2) is 0 Å². The highest BCUT2D eigenvalue weighted by Crippen LogP contribution is 2.43. The molecule has 2 aliphatic rings. The highest BCUT2D eigenvalue weighted by atomic mass is 14.4. The van der Waals surface area contributed by atoms with E-state index in [1.54, 1.807) is 25.7 Å². The molecule has 0 unspecified atom stereocenters. The fourth-order valence-corrected chi connectivity index (χ4v) is 4.50. The number of hydrogen-bond donors (Lipinski definition) is 0. The summed E-state index contributed by atoms with van der Waals surface area (Å²) in [6, 6.07) is 0. The van der Waals surface area contributed by atoms with E-state index in [9.17, 15) is 0 Å². The molecule has 2 rings (SSSR count). The molecule has 0 saturated heterocycles. The summed E-state index contributed by atoms with van der Waals surface area (Å²) in [6.07, 6.45) is 16.7. The van der Waals surface area contributed by atoms with Gasteiger partial charge in [-0.1, -0.05) is 65.2 Å². The van der Waals surface area contributed by atoms with Gasteiger partial charge in [0.2, 0.25) is 0 Å². The Labute approximate surface area is 109 Å². The second-order valence-corrected chi connectivity index (χ2v) is 6.77. The van der Waals surface area contributed by atoms with Gasteiger partial charge >= 0.3 is 0 Å². The molecule has 2 saturated carbocycles. The minimum Gasteiger partial charge on any atom is -0.0654 e. The lowest BCUT2D eigenvalue weighted by molar-refractivity contribution is 0.135. The largest absolute Gasteiger partial charge is 0.0654 e. The average Bonchev–Trinajstić information content (AvgIpc) is 2.40. The molecular weight excluding hydrogens is 204 g/mol. The predicted molar refractivity (Wildman–Crippen MR) is 76.1 cm³/mol. The van der Waals surface area contributed by atoms with Crippen LogP contribution < -0.4 is 0 Å². The molecule has 0 spiro atoms. The first-order chi connectivity index (χ1) is 8.33. The quantitative estimate of drug-likeness (QED) is 0.578. The molecule has 0 amide bonds. The van der Waals surface area contributed by atoms with Crippen LogP contribution in [0.25, 0.3) is 0 Å². The summed E-state index contributed by atoms with van der Waals surface area (Å²) in [5.74, 6) is 4.37. The van der Waals surface area contributed by atoms with Crippen molar-refractivity contribution in [3.8, 4) is 0 Å². The van der Waals surface area contributed by atoms with E-state index >= 15 is 0 Å². The van der Waals surface area contributed by atoms with Gasteiger partial charge in [-0.05, 0) is 42.9 Å². The van der Waals surface area contributed by atoms with Gasteiger partial charge < -0.3 is 0 Å². The summed E-state index contributed by atoms with van der Waals surface area (Å²) < 4.78 is 0. The summed E-state index contributed by atoms with van der Waals surface area (Å²) in [5, 5.41) is 0. The van der Waals surface area contributed by atoms with Gasteiger partial charge in [0.25, 0.3) is 0 Å². The third-order valence-electron chi connectivity index (χ3n) is 5.66. The zero-order valence-electron chi connectivity index (χ0n) is 12.1. The Hall–Kier alpha value is 0. The zero-order valence-corrected chi connectivity index (χ0v) is 12.1. The van der Waals surface area contributed by atoms with E-state index in [1.807, 2.05) is 0 Å². The third kappa shape index (κ3) is 3.73. The molecule has 0 bridgehead atoms. The average molecular weight is 236 g/mol. The van der Waals surface area contributed by atoms with Gasteiger partial charge in [-0.3, -0.25) is 0 Å². The van der Waals surface area contributed by atoms with Crippen LogP contribution in [0.5, 0.6) is 0 Å². The van der Waals surface area contributed by atoms with E-state index in [4.69, 9.17) is 0 Å². The van der Waals surface area contributed by atoms with Gasteiger partial charge in [0.1, 0.15) is 0 Å². The van der Waals surface area contributed by atoms with Crippen LogP contribution in [0.3, 0.4) is 0 Å². The summed E-state index contributed by atoms with van der Waals surface area (Å²) >= 11 is 0. The molecular formula is C17H32. The topological polar surface area (TPSA) is 0 Å². The van der Waals surface area contributed by atoms with Crippen LogP contribution >= 0.6 is 0 Å². The molecule has 0 heterocycles. The summed E-state index contributed by atoms with van der Waals surface area (Å²) in [4.78, 5) is 0. The first-order valence-corrected chi connectivity index (χ1v) is 8.33. The molecule has 0 heteroatoms. The molecule has 0 nitrogen and oxygen atoms in total. The molecule has 0 aromatic heterocycles. The minimum absolute atomic E-state index is 1.07. The molecule has 2 fully saturated rings. The molecule has 0 aromatic carbocycles. The molecule has 100 valence electrons. The summed E-state index contributed by atoms with van der Waals surface area (Å²) in [6.45, 7) is 4.74. The Kier molecular flexibility index (Phi) is 5.38. The van der Waals surface area contributed by atoms with Crippen LogP contribution in [0, 0.1) is 23.7 Å². The normalized spacial score (nSPS) is 39.2. The van der Waals surface area contributed by atoms with Crippen LogP contribution in [0.2, 0.25) is 0 Å². The second-order valence-electron chi connectivity index (χ2n) is 6.77. The number of hydrogen-bond acceptors (Lipinski definition) is 0. The Bertz CT molecular complexity index is 198. The fourth-order valence-electron chi connectivity index (χ4n) is 4.50. The van der Waals surface area contributed by atoms with E-state index in [2.05, 4.69) is 13.8 Å². The first kappa shape index (κ1) is 13.4. The van der Waals surface area contributed by atoms with Gasteiger partial charge in [0, 0.05) is 0 Å². The van der Waals surface area contributed by atoms with E-state index in [0.717, 1.165) is 23.7 Å². The van der Waals surface area contributed by atoms with Crippen molar-refractivity contribution < 1.29 is 0 Å². The Morgan fingerprint density at radius 2 is 1.53 bits per heavy atom. The maximum Gasteiger partial charge on any atom is -0.0383 e. The van der Waals surface area contributed by atoms with E-state index < -0.39 is 0 Å². The van der Waals surface area contributed by atoms with Gasteiger partial charge in [-0.25, -0.2) is 0 Å². The lowest BCUT2D eigenvalue weighted by atomic mass is 9.68. The smallest absolute Gasteiger partial charge is 0.0383 e. The predicted octanol–water partition coefficient (Wildman–Crippen LogP) is 5.81. The molecule has 0 radical (unpaired) electrons. The zero-order chi connectivity index (χ0) is 12.1. The van der Waals surface area contributed by atoms with Crippen LogP contribution in [-0.4, -0.2) is 0 Å². The van der Waals surface area contributed by atoms with Crippen molar-refractivity contribution in [1.29, 1.82) is 0 Å². The minimum atomic E-state index is 1.07. The van der Waals surface area contributed by atoms with Crippen molar-refractivity contribution in [1.82, 2.24) is 0 Å². The fraction of sp³-hybridized carbons (Fsp3) is 1.00. The molecule has 0 aliphatic heterocycles. The lowest BCUT2D eigenvalue weighted by Crippen LogP contribution is -2.26. The van der Waals surface area contributed by atoms with Crippen LogP contribution in [0.1, 0.15) is 84.5 Å². The van der Waals surface area contributed by atoms with E-state index in [-0.39, 0.29) is 0 Å². The van der Waals surface area contributed by atoms with Gasteiger partial charge in [0.15, 0.2) is 0 Å². The molecule has 0 N–H and O–H groups in total. The second kappa shape index (κ2) is 6.81. The Morgan fingerprint density at radius 3 is 2.18 bits per heavy atom. The van der Waals surface area contributed by atoms with Crippen molar-refractivity contribution in [2.45, 2.75) is 84.5 Å². The third-order valence-corrected chi connectivity index (χ3v) is 5.66. The highest BCUT2D eigenvalue weighted by molar-refractivity contribution is 4.82. The van der Waals surface area contributed by atoms with Crippen molar-refractivity contribution in [3.63, 3.8) is 0 Å². The lowest BCUT2D eigenvalue weighted by Gasteiger charge is -2.38. The van der Waals surface area contributed by atoms with E-state index in [1.165, 1.54) is 44.9 Å². The van der Waals surface area contributed by atoms with Gasteiger partial charge in [0.05, 0.1) is 0 Å². The SMILES string of the molecule is CCC[C@@H]1CCC[C@@H](C2CCC(CC)CC2)C1. The van der Waals surface area contributed by atoms with Crippen LogP contribution in [-0.2, 0) is 0 Å². The van der Waals surface area contributed by atoms with Crippen molar-refractivity contribution in [3.05, 3.63) is 0 Å². The van der Waals surface area contributed by atoms with Crippen molar-refractivity contribution in [2.75, 3.05) is 0 Å². The van der Waals surface area contributed by atoms with E-state index in [0.29, 0.717) is 0 Å². The van der Waals surface area contributed by atoms with Gasteiger partial charge in [-0.2, -0.15) is 0 Å². The molecule has 2 aliphatic carbocycles.